The Balaban J connectivity index is 2.48. The molecule has 0 spiro atoms. The van der Waals surface area contributed by atoms with E-state index in [9.17, 15) is 0 Å². The minimum atomic E-state index is 0.0196. The third kappa shape index (κ3) is 1.46. The van der Waals surface area contributed by atoms with Crippen LogP contribution in [0.15, 0.2) is 42.7 Å². The van der Waals surface area contributed by atoms with Crippen molar-refractivity contribution in [2.75, 3.05) is 0 Å². The molecule has 1 nitrogen and oxygen atoms in total. The first kappa shape index (κ1) is 9.07. The van der Waals surface area contributed by atoms with E-state index in [0.29, 0.717) is 0 Å². The van der Waals surface area contributed by atoms with Gasteiger partial charge in [-0.05, 0) is 17.7 Å². The van der Waals surface area contributed by atoms with Crippen molar-refractivity contribution in [2.24, 2.45) is 0 Å². The number of benzene rings is 1. The lowest BCUT2D eigenvalue weighted by Crippen LogP contribution is -2.07. The number of rotatable bonds is 2. The van der Waals surface area contributed by atoms with Gasteiger partial charge in [0.25, 0.3) is 0 Å². The Morgan fingerprint density at radius 3 is 2.93 bits per heavy atom. The van der Waals surface area contributed by atoms with Crippen LogP contribution in [-0.4, -0.2) is 0 Å². The first-order valence-corrected chi connectivity index (χ1v) is 4.94. The summed E-state index contributed by atoms with van der Waals surface area (Å²) in [4.78, 5) is 0. The average molecular weight is 186 g/mol. The normalized spacial score (nSPS) is 19.2. The van der Waals surface area contributed by atoms with Crippen molar-refractivity contribution in [2.45, 2.75) is 19.4 Å². The molecule has 0 bridgehead atoms. The number of allylic oxidation sites excluding steroid dienone is 1. The standard InChI is InChI=1S/C13H14O/c1-3-11-9-10-7-5-6-8-12(10)13(4-2)14-11/h4-9,13H,2-3H2,1H3. The summed E-state index contributed by atoms with van der Waals surface area (Å²) in [7, 11) is 0. The molecule has 2 rings (SSSR count). The summed E-state index contributed by atoms with van der Waals surface area (Å²) < 4.78 is 5.75. The Hall–Kier alpha value is -1.50. The fourth-order valence-electron chi connectivity index (χ4n) is 1.70. The Bertz CT molecular complexity index is 377. The maximum Gasteiger partial charge on any atom is 0.142 e. The van der Waals surface area contributed by atoms with Gasteiger partial charge in [0.05, 0.1) is 5.76 Å². The van der Waals surface area contributed by atoms with Crippen LogP contribution >= 0.6 is 0 Å². The molecule has 0 saturated heterocycles. The number of hydrogen-bond donors (Lipinski definition) is 0. The molecule has 1 unspecified atom stereocenters. The molecule has 0 fully saturated rings. The van der Waals surface area contributed by atoms with Crippen molar-refractivity contribution in [3.63, 3.8) is 0 Å². The highest BCUT2D eigenvalue weighted by Gasteiger charge is 2.17. The highest BCUT2D eigenvalue weighted by Crippen LogP contribution is 2.32. The molecule has 0 aromatic heterocycles. The fourth-order valence-corrected chi connectivity index (χ4v) is 1.70. The average Bonchev–Trinajstić information content (AvgIpc) is 2.27. The minimum Gasteiger partial charge on any atom is -0.486 e. The van der Waals surface area contributed by atoms with Gasteiger partial charge in [-0.25, -0.2) is 0 Å². The first-order chi connectivity index (χ1) is 6.85. The molecular weight excluding hydrogens is 172 g/mol. The predicted octanol–water partition coefficient (Wildman–Crippen LogP) is 3.69. The van der Waals surface area contributed by atoms with E-state index < -0.39 is 0 Å². The zero-order chi connectivity index (χ0) is 9.97. The quantitative estimate of drug-likeness (QED) is 0.640. The summed E-state index contributed by atoms with van der Waals surface area (Å²) in [6.45, 7) is 5.90. The Labute approximate surface area is 84.7 Å². The molecule has 0 aliphatic carbocycles. The molecule has 0 radical (unpaired) electrons. The Kier molecular flexibility index (Phi) is 2.40. The largest absolute Gasteiger partial charge is 0.486 e. The number of fused-ring (bicyclic) bond motifs is 1. The van der Waals surface area contributed by atoms with E-state index >= 15 is 0 Å². The van der Waals surface area contributed by atoms with Gasteiger partial charge in [0, 0.05) is 12.0 Å². The summed E-state index contributed by atoms with van der Waals surface area (Å²) in [5, 5.41) is 0. The molecular formula is C13H14O. The van der Waals surface area contributed by atoms with E-state index in [2.05, 4.69) is 31.7 Å². The second-order valence-corrected chi connectivity index (χ2v) is 3.37. The van der Waals surface area contributed by atoms with E-state index in [0.717, 1.165) is 12.2 Å². The molecule has 1 aromatic rings. The van der Waals surface area contributed by atoms with Gasteiger partial charge in [-0.2, -0.15) is 0 Å². The maximum absolute atomic E-state index is 5.75. The van der Waals surface area contributed by atoms with E-state index in [4.69, 9.17) is 4.74 Å². The van der Waals surface area contributed by atoms with E-state index in [1.165, 1.54) is 11.1 Å². The van der Waals surface area contributed by atoms with Crippen LogP contribution in [0.5, 0.6) is 0 Å². The smallest absolute Gasteiger partial charge is 0.142 e. The lowest BCUT2D eigenvalue weighted by Gasteiger charge is -2.24. The van der Waals surface area contributed by atoms with Crippen LogP contribution < -0.4 is 0 Å². The number of ether oxygens (including phenoxy) is 1. The lowest BCUT2D eigenvalue weighted by molar-refractivity contribution is 0.149. The maximum atomic E-state index is 5.75. The van der Waals surface area contributed by atoms with Crippen LogP contribution in [0.4, 0.5) is 0 Å². The van der Waals surface area contributed by atoms with E-state index in [-0.39, 0.29) is 6.10 Å². The summed E-state index contributed by atoms with van der Waals surface area (Å²) in [6.07, 6.45) is 4.90. The van der Waals surface area contributed by atoms with Gasteiger partial charge in [0.2, 0.25) is 0 Å². The molecule has 0 N–H and O–H groups in total. The third-order valence-corrected chi connectivity index (χ3v) is 2.46. The topological polar surface area (TPSA) is 9.23 Å². The van der Waals surface area contributed by atoms with Crippen molar-refractivity contribution >= 4 is 6.08 Å². The molecule has 1 aromatic carbocycles. The van der Waals surface area contributed by atoms with Crippen LogP contribution in [0.1, 0.15) is 30.6 Å². The van der Waals surface area contributed by atoms with Crippen LogP contribution in [0.3, 0.4) is 0 Å². The zero-order valence-electron chi connectivity index (χ0n) is 8.36. The van der Waals surface area contributed by atoms with Gasteiger partial charge in [-0.3, -0.25) is 0 Å². The predicted molar refractivity (Wildman–Crippen MR) is 58.7 cm³/mol. The molecule has 72 valence electrons. The molecule has 14 heavy (non-hydrogen) atoms. The molecule has 0 saturated carbocycles. The van der Waals surface area contributed by atoms with Crippen molar-refractivity contribution < 1.29 is 4.74 Å². The summed E-state index contributed by atoms with van der Waals surface area (Å²) in [5.74, 6) is 1.04. The number of hydrogen-bond acceptors (Lipinski definition) is 1. The lowest BCUT2D eigenvalue weighted by atomic mass is 9.99. The van der Waals surface area contributed by atoms with E-state index in [1.807, 2.05) is 18.2 Å². The first-order valence-electron chi connectivity index (χ1n) is 4.94. The SMILES string of the molecule is C=CC1OC(CC)=Cc2ccccc21. The van der Waals surface area contributed by atoms with Gasteiger partial charge in [0.15, 0.2) is 0 Å². The van der Waals surface area contributed by atoms with Gasteiger partial charge >= 0.3 is 0 Å². The van der Waals surface area contributed by atoms with Crippen molar-refractivity contribution in [3.8, 4) is 0 Å². The Morgan fingerprint density at radius 1 is 1.43 bits per heavy atom. The molecule has 1 heteroatoms. The summed E-state index contributed by atoms with van der Waals surface area (Å²) in [6, 6.07) is 8.28. The van der Waals surface area contributed by atoms with Gasteiger partial charge in [0.1, 0.15) is 6.10 Å². The highest BCUT2D eigenvalue weighted by molar-refractivity contribution is 5.58. The summed E-state index contributed by atoms with van der Waals surface area (Å²) in [5.41, 5.74) is 2.46. The van der Waals surface area contributed by atoms with Crippen molar-refractivity contribution in [3.05, 3.63) is 53.8 Å². The van der Waals surface area contributed by atoms with Crippen LogP contribution in [-0.2, 0) is 4.74 Å². The monoisotopic (exact) mass is 186 g/mol. The van der Waals surface area contributed by atoms with Crippen LogP contribution in [0.2, 0.25) is 0 Å². The van der Waals surface area contributed by atoms with E-state index in [1.54, 1.807) is 0 Å². The second kappa shape index (κ2) is 3.70. The molecule has 1 aliphatic rings. The molecule has 1 heterocycles. The van der Waals surface area contributed by atoms with Gasteiger partial charge in [-0.15, -0.1) is 0 Å². The second-order valence-electron chi connectivity index (χ2n) is 3.37. The van der Waals surface area contributed by atoms with Gasteiger partial charge in [-0.1, -0.05) is 37.8 Å². The zero-order valence-corrected chi connectivity index (χ0v) is 8.36. The van der Waals surface area contributed by atoms with Crippen LogP contribution in [0.25, 0.3) is 6.08 Å². The summed E-state index contributed by atoms with van der Waals surface area (Å²) >= 11 is 0. The molecule has 1 atom stereocenters. The highest BCUT2D eigenvalue weighted by atomic mass is 16.5. The van der Waals surface area contributed by atoms with Gasteiger partial charge < -0.3 is 4.74 Å². The third-order valence-electron chi connectivity index (χ3n) is 2.46. The fraction of sp³-hybridized carbons (Fsp3) is 0.231. The van der Waals surface area contributed by atoms with Crippen molar-refractivity contribution in [1.29, 1.82) is 0 Å². The molecule has 0 amide bonds. The van der Waals surface area contributed by atoms with Crippen molar-refractivity contribution in [1.82, 2.24) is 0 Å². The van der Waals surface area contributed by atoms with Crippen LogP contribution in [0, 0.1) is 0 Å². The minimum absolute atomic E-state index is 0.0196. The molecule has 1 aliphatic heterocycles. The Morgan fingerprint density at radius 2 is 2.21 bits per heavy atom.